The first-order valence-electron chi connectivity index (χ1n) is 7.66. The lowest BCUT2D eigenvalue weighted by Gasteiger charge is -2.42. The van der Waals surface area contributed by atoms with E-state index >= 15 is 0 Å². The fourth-order valence-electron chi connectivity index (χ4n) is 3.11. The lowest BCUT2D eigenvalue weighted by molar-refractivity contribution is -0.0328. The molecule has 1 aromatic heterocycles. The average Bonchev–Trinajstić information content (AvgIpc) is 2.63. The number of aromatic nitrogens is 1. The number of thioether (sulfide) groups is 1. The summed E-state index contributed by atoms with van der Waals surface area (Å²) in [7, 11) is 0. The number of rotatable bonds is 2. The zero-order valence-corrected chi connectivity index (χ0v) is 14.0. The fraction of sp³-hybridized carbons (Fsp3) is 0.667. The van der Waals surface area contributed by atoms with Crippen molar-refractivity contribution in [1.82, 2.24) is 9.88 Å². The third kappa shape index (κ3) is 3.92. The Hall–Kier alpha value is -0.990. The number of piperazine rings is 1. The summed E-state index contributed by atoms with van der Waals surface area (Å²) in [5.41, 5.74) is -3.56. The van der Waals surface area contributed by atoms with Crippen LogP contribution in [0.5, 0.6) is 0 Å². The van der Waals surface area contributed by atoms with E-state index in [0.717, 1.165) is 31.0 Å². The van der Waals surface area contributed by atoms with Crippen molar-refractivity contribution in [2.24, 2.45) is 0 Å². The summed E-state index contributed by atoms with van der Waals surface area (Å²) in [4.78, 5) is 9.01. The minimum atomic E-state index is -4.30. The molecule has 0 unspecified atom stereocenters. The SMILES string of the molecule is CC(C)N1CCN2c3ncc(SC(F)(F)F)cc3COC[C@H]2C1. The molecule has 0 aromatic carbocycles. The molecule has 1 aromatic rings. The van der Waals surface area contributed by atoms with Crippen LogP contribution in [0.25, 0.3) is 0 Å². The fourth-order valence-corrected chi connectivity index (χ4v) is 3.68. The maximum Gasteiger partial charge on any atom is 0.446 e. The third-order valence-corrected chi connectivity index (χ3v) is 4.93. The summed E-state index contributed by atoms with van der Waals surface area (Å²) in [6, 6.07) is 2.22. The van der Waals surface area contributed by atoms with E-state index in [0.29, 0.717) is 19.3 Å². The van der Waals surface area contributed by atoms with Crippen molar-refractivity contribution in [3.05, 3.63) is 17.8 Å². The quantitative estimate of drug-likeness (QED) is 0.767. The smallest absolute Gasteiger partial charge is 0.374 e. The van der Waals surface area contributed by atoms with Crippen LogP contribution in [0.4, 0.5) is 19.0 Å². The van der Waals surface area contributed by atoms with Gasteiger partial charge in [-0.1, -0.05) is 0 Å². The predicted octanol–water partition coefficient (Wildman–Crippen LogP) is 3.12. The maximum atomic E-state index is 12.5. The topological polar surface area (TPSA) is 28.6 Å². The molecular formula is C15H20F3N3OS. The number of ether oxygens (including phenoxy) is 1. The van der Waals surface area contributed by atoms with E-state index in [1.165, 1.54) is 6.20 Å². The van der Waals surface area contributed by atoms with Gasteiger partial charge >= 0.3 is 5.51 Å². The number of halogens is 3. The molecular weight excluding hydrogens is 327 g/mol. The molecule has 0 radical (unpaired) electrons. The molecule has 1 atom stereocenters. The van der Waals surface area contributed by atoms with Gasteiger partial charge < -0.3 is 9.64 Å². The van der Waals surface area contributed by atoms with E-state index in [4.69, 9.17) is 4.74 Å². The molecule has 2 aliphatic rings. The van der Waals surface area contributed by atoms with Crippen LogP contribution in [0.2, 0.25) is 0 Å². The summed E-state index contributed by atoms with van der Waals surface area (Å²) in [6.07, 6.45) is 1.31. The van der Waals surface area contributed by atoms with E-state index in [1.807, 2.05) is 0 Å². The molecule has 2 aliphatic heterocycles. The van der Waals surface area contributed by atoms with Crippen molar-refractivity contribution >= 4 is 17.6 Å². The standard InChI is InChI=1S/C15H20F3N3OS/c1-10(2)20-3-4-21-12(7-20)9-22-8-11-5-13(6-19-14(11)21)23-15(16,17)18/h5-6,10,12H,3-4,7-9H2,1-2H3/t12-/m1/s1. The Labute approximate surface area is 138 Å². The molecule has 3 rings (SSSR count). The monoisotopic (exact) mass is 347 g/mol. The second-order valence-electron chi connectivity index (χ2n) is 6.15. The van der Waals surface area contributed by atoms with E-state index in [-0.39, 0.29) is 22.7 Å². The van der Waals surface area contributed by atoms with Crippen molar-refractivity contribution < 1.29 is 17.9 Å². The normalized spacial score (nSPS) is 22.7. The van der Waals surface area contributed by atoms with Gasteiger partial charge in [0.15, 0.2) is 0 Å². The lowest BCUT2D eigenvalue weighted by Crippen LogP contribution is -2.56. The highest BCUT2D eigenvalue weighted by Gasteiger charge is 2.34. The largest absolute Gasteiger partial charge is 0.446 e. The molecule has 3 heterocycles. The highest BCUT2D eigenvalue weighted by molar-refractivity contribution is 8.00. The molecule has 1 saturated heterocycles. The number of alkyl halides is 3. The zero-order valence-electron chi connectivity index (χ0n) is 13.1. The van der Waals surface area contributed by atoms with Gasteiger partial charge in [0, 0.05) is 42.3 Å². The predicted molar refractivity (Wildman–Crippen MR) is 83.6 cm³/mol. The van der Waals surface area contributed by atoms with E-state index in [2.05, 4.69) is 28.6 Å². The molecule has 0 N–H and O–H groups in total. The van der Waals surface area contributed by atoms with Crippen LogP contribution in [0.3, 0.4) is 0 Å². The van der Waals surface area contributed by atoms with E-state index in [1.54, 1.807) is 6.07 Å². The van der Waals surface area contributed by atoms with Crippen molar-refractivity contribution in [3.8, 4) is 0 Å². The summed E-state index contributed by atoms with van der Waals surface area (Å²) >= 11 is -0.131. The van der Waals surface area contributed by atoms with Gasteiger partial charge in [-0.2, -0.15) is 13.2 Å². The van der Waals surface area contributed by atoms with Crippen molar-refractivity contribution in [1.29, 1.82) is 0 Å². The van der Waals surface area contributed by atoms with Crippen LogP contribution >= 0.6 is 11.8 Å². The molecule has 0 amide bonds. The second-order valence-corrected chi connectivity index (χ2v) is 7.29. The Bertz CT molecular complexity index is 567. The Morgan fingerprint density at radius 2 is 2.13 bits per heavy atom. The lowest BCUT2D eigenvalue weighted by atomic mass is 10.1. The summed E-state index contributed by atoms with van der Waals surface area (Å²) < 4.78 is 43.3. The first-order valence-corrected chi connectivity index (χ1v) is 8.48. The van der Waals surface area contributed by atoms with Gasteiger partial charge in [-0.25, -0.2) is 4.98 Å². The van der Waals surface area contributed by atoms with Gasteiger partial charge in [-0.3, -0.25) is 4.90 Å². The van der Waals surface area contributed by atoms with Crippen LogP contribution in [0, 0.1) is 0 Å². The molecule has 128 valence electrons. The minimum absolute atomic E-state index is 0.110. The maximum absolute atomic E-state index is 12.5. The number of fused-ring (bicyclic) bond motifs is 3. The van der Waals surface area contributed by atoms with Gasteiger partial charge in [-0.15, -0.1) is 0 Å². The van der Waals surface area contributed by atoms with Crippen molar-refractivity contribution in [2.45, 2.75) is 42.9 Å². The van der Waals surface area contributed by atoms with Crippen LogP contribution < -0.4 is 4.90 Å². The first-order chi connectivity index (χ1) is 10.8. The van der Waals surface area contributed by atoms with Gasteiger partial charge in [0.05, 0.1) is 19.3 Å². The minimum Gasteiger partial charge on any atom is -0.374 e. The van der Waals surface area contributed by atoms with Crippen molar-refractivity contribution in [2.75, 3.05) is 31.1 Å². The summed E-state index contributed by atoms with van der Waals surface area (Å²) in [5, 5.41) is 0. The highest BCUT2D eigenvalue weighted by atomic mass is 32.2. The highest BCUT2D eigenvalue weighted by Crippen LogP contribution is 2.38. The third-order valence-electron chi connectivity index (χ3n) is 4.24. The summed E-state index contributed by atoms with van der Waals surface area (Å²) in [5.74, 6) is 0.766. The number of hydrogen-bond donors (Lipinski definition) is 0. The average molecular weight is 347 g/mol. The Morgan fingerprint density at radius 1 is 1.35 bits per heavy atom. The number of hydrogen-bond acceptors (Lipinski definition) is 5. The van der Waals surface area contributed by atoms with Gasteiger partial charge in [0.1, 0.15) is 5.82 Å². The van der Waals surface area contributed by atoms with E-state index in [9.17, 15) is 13.2 Å². The van der Waals surface area contributed by atoms with Crippen LogP contribution in [-0.4, -0.2) is 53.7 Å². The zero-order chi connectivity index (χ0) is 16.6. The molecule has 8 heteroatoms. The number of anilines is 1. The molecule has 1 fully saturated rings. The molecule has 0 spiro atoms. The Kier molecular flexibility index (Phi) is 4.75. The Balaban J connectivity index is 1.83. The molecule has 0 saturated carbocycles. The van der Waals surface area contributed by atoms with E-state index < -0.39 is 5.51 Å². The van der Waals surface area contributed by atoms with Gasteiger partial charge in [0.25, 0.3) is 0 Å². The van der Waals surface area contributed by atoms with Crippen LogP contribution in [-0.2, 0) is 11.3 Å². The number of nitrogens with zero attached hydrogens (tertiary/aromatic N) is 3. The first kappa shape index (κ1) is 16.9. The van der Waals surface area contributed by atoms with Crippen LogP contribution in [0.15, 0.2) is 17.2 Å². The summed E-state index contributed by atoms with van der Waals surface area (Å²) in [6.45, 7) is 7.84. The second kappa shape index (κ2) is 6.49. The molecule has 0 aliphatic carbocycles. The molecule has 0 bridgehead atoms. The number of pyridine rings is 1. The molecule has 23 heavy (non-hydrogen) atoms. The van der Waals surface area contributed by atoms with Gasteiger partial charge in [-0.05, 0) is 31.7 Å². The van der Waals surface area contributed by atoms with Crippen LogP contribution in [0.1, 0.15) is 19.4 Å². The van der Waals surface area contributed by atoms with Gasteiger partial charge in [0.2, 0.25) is 0 Å². The molecule has 4 nitrogen and oxygen atoms in total. The Morgan fingerprint density at radius 3 is 2.83 bits per heavy atom. The van der Waals surface area contributed by atoms with Crippen molar-refractivity contribution in [3.63, 3.8) is 0 Å².